The Balaban J connectivity index is 2.07. The minimum atomic E-state index is 0.821. The lowest BCUT2D eigenvalue weighted by Gasteiger charge is -2.06. The predicted molar refractivity (Wildman–Crippen MR) is 71.5 cm³/mol. The van der Waals surface area contributed by atoms with Gasteiger partial charge in [0.05, 0.1) is 6.42 Å². The van der Waals surface area contributed by atoms with E-state index in [4.69, 9.17) is 11.6 Å². The zero-order chi connectivity index (χ0) is 11.7. The van der Waals surface area contributed by atoms with Gasteiger partial charge in [0.25, 0.3) is 0 Å². The van der Waals surface area contributed by atoms with Crippen molar-refractivity contribution in [1.29, 1.82) is 0 Å². The lowest BCUT2D eigenvalue weighted by molar-refractivity contribution is -0.445. The molecule has 3 heteroatoms. The van der Waals surface area contributed by atoms with Crippen LogP contribution in [0.3, 0.4) is 0 Å². The minimum Gasteiger partial charge on any atom is -0.274 e. The number of nitrogens with one attached hydrogen (secondary N) is 2. The molecule has 0 atom stereocenters. The first-order valence-corrected chi connectivity index (χ1v) is 6.22. The molecule has 86 valence electrons. The summed E-state index contributed by atoms with van der Waals surface area (Å²) in [4.78, 5) is 3.36. The molecule has 2 aromatic rings. The second-order valence-corrected chi connectivity index (χ2v) is 4.67. The molecular weight excluding hydrogens is 232 g/mol. The highest BCUT2D eigenvalue weighted by Crippen LogP contribution is 2.26. The zero-order valence-corrected chi connectivity index (χ0v) is 10.2. The fourth-order valence-electron chi connectivity index (χ4n) is 2.28. The van der Waals surface area contributed by atoms with Gasteiger partial charge in [-0.1, -0.05) is 41.9 Å². The molecule has 0 radical (unpaired) electrons. The van der Waals surface area contributed by atoms with Crippen molar-refractivity contribution >= 4 is 28.2 Å². The first-order chi connectivity index (χ1) is 8.34. The summed E-state index contributed by atoms with van der Waals surface area (Å²) in [7, 11) is 0. The first kappa shape index (κ1) is 10.6. The van der Waals surface area contributed by atoms with Crippen LogP contribution in [-0.4, -0.2) is 18.9 Å². The summed E-state index contributed by atoms with van der Waals surface area (Å²) in [6.07, 6.45) is 0.914. The summed E-state index contributed by atoms with van der Waals surface area (Å²) in [5.41, 5.74) is 1.31. The van der Waals surface area contributed by atoms with E-state index in [2.05, 4.69) is 34.6 Å². The molecule has 0 aliphatic carbocycles. The van der Waals surface area contributed by atoms with Gasteiger partial charge in [-0.3, -0.25) is 10.3 Å². The maximum atomic E-state index is 6.21. The maximum absolute atomic E-state index is 6.21. The summed E-state index contributed by atoms with van der Waals surface area (Å²) in [5.74, 6) is 1.21. The average molecular weight is 246 g/mol. The monoisotopic (exact) mass is 245 g/mol. The van der Waals surface area contributed by atoms with E-state index in [0.717, 1.165) is 29.9 Å². The third kappa shape index (κ3) is 2.01. The standard InChI is InChI=1S/C14H13ClN2/c15-13-6-5-10(9-14-16-7-8-17-14)11-3-1-2-4-12(11)13/h1-6H,7-9H2,(H,16,17)/p+1. The number of halogens is 1. The normalized spacial score (nSPS) is 14.8. The summed E-state index contributed by atoms with van der Waals surface area (Å²) < 4.78 is 0. The second-order valence-electron chi connectivity index (χ2n) is 4.26. The Labute approximate surface area is 105 Å². The Hall–Kier alpha value is -1.54. The van der Waals surface area contributed by atoms with Gasteiger partial charge in [-0.05, 0) is 17.0 Å². The van der Waals surface area contributed by atoms with E-state index < -0.39 is 0 Å². The van der Waals surface area contributed by atoms with Crippen molar-refractivity contribution in [3.63, 3.8) is 0 Å². The highest BCUT2D eigenvalue weighted by molar-refractivity contribution is 6.35. The number of benzene rings is 2. The third-order valence-corrected chi connectivity index (χ3v) is 3.46. The second kappa shape index (κ2) is 4.38. The molecule has 0 spiro atoms. The zero-order valence-electron chi connectivity index (χ0n) is 9.46. The third-order valence-electron chi connectivity index (χ3n) is 3.13. The quantitative estimate of drug-likeness (QED) is 0.815. The fraction of sp³-hybridized carbons (Fsp3) is 0.214. The van der Waals surface area contributed by atoms with Crippen molar-refractivity contribution in [2.75, 3.05) is 13.1 Å². The largest absolute Gasteiger partial charge is 0.274 e. The van der Waals surface area contributed by atoms with Crippen LogP contribution in [0.15, 0.2) is 36.4 Å². The summed E-state index contributed by atoms with van der Waals surface area (Å²) in [6, 6.07) is 12.4. The summed E-state index contributed by atoms with van der Waals surface area (Å²) in [6.45, 7) is 2.03. The van der Waals surface area contributed by atoms with Gasteiger partial charge in [-0.25, -0.2) is 0 Å². The molecule has 1 aliphatic rings. The van der Waals surface area contributed by atoms with Gasteiger partial charge in [-0.15, -0.1) is 0 Å². The Bertz CT molecular complexity index is 590. The van der Waals surface area contributed by atoms with Gasteiger partial charge in [0, 0.05) is 10.4 Å². The van der Waals surface area contributed by atoms with Crippen molar-refractivity contribution in [2.45, 2.75) is 6.42 Å². The van der Waals surface area contributed by atoms with Crippen LogP contribution in [-0.2, 0) is 6.42 Å². The van der Waals surface area contributed by atoms with E-state index in [1.807, 2.05) is 12.1 Å². The molecule has 2 aromatic carbocycles. The van der Waals surface area contributed by atoms with Crippen LogP contribution in [0.1, 0.15) is 5.56 Å². The van der Waals surface area contributed by atoms with Crippen LogP contribution in [0, 0.1) is 0 Å². The van der Waals surface area contributed by atoms with Gasteiger partial charge in [0.15, 0.2) is 0 Å². The van der Waals surface area contributed by atoms with E-state index in [-0.39, 0.29) is 0 Å². The number of rotatable bonds is 2. The number of hydrogen-bond acceptors (Lipinski definition) is 1. The molecule has 1 heterocycles. The number of hydrogen-bond donors (Lipinski definition) is 2. The molecular formula is C14H14ClN2+. The van der Waals surface area contributed by atoms with Crippen molar-refractivity contribution < 1.29 is 4.99 Å². The molecule has 3 rings (SSSR count). The van der Waals surface area contributed by atoms with Gasteiger partial charge in [-0.2, -0.15) is 0 Å². The van der Waals surface area contributed by atoms with Crippen LogP contribution in [0.2, 0.25) is 5.02 Å². The van der Waals surface area contributed by atoms with Crippen LogP contribution in [0.4, 0.5) is 0 Å². The topological polar surface area (TPSA) is 26.0 Å². The molecule has 2 nitrogen and oxygen atoms in total. The number of fused-ring (bicyclic) bond motifs is 1. The molecule has 0 unspecified atom stereocenters. The van der Waals surface area contributed by atoms with Crippen molar-refractivity contribution in [3.05, 3.63) is 47.0 Å². The van der Waals surface area contributed by atoms with Crippen LogP contribution in [0.25, 0.3) is 10.8 Å². The lowest BCUT2D eigenvalue weighted by atomic mass is 10.0. The summed E-state index contributed by atoms with van der Waals surface area (Å²) in [5, 5.41) is 6.55. The van der Waals surface area contributed by atoms with E-state index in [9.17, 15) is 0 Å². The predicted octanol–water partition coefficient (Wildman–Crippen LogP) is 1.12. The molecule has 0 saturated heterocycles. The Morgan fingerprint density at radius 1 is 1.12 bits per heavy atom. The highest BCUT2D eigenvalue weighted by atomic mass is 35.5. The Morgan fingerprint density at radius 2 is 1.94 bits per heavy atom. The fourth-order valence-corrected chi connectivity index (χ4v) is 2.51. The Kier molecular flexibility index (Phi) is 2.73. The summed E-state index contributed by atoms with van der Waals surface area (Å²) >= 11 is 6.21. The average Bonchev–Trinajstić information content (AvgIpc) is 2.86. The lowest BCUT2D eigenvalue weighted by Crippen LogP contribution is -2.71. The van der Waals surface area contributed by atoms with E-state index in [1.54, 1.807) is 0 Å². The van der Waals surface area contributed by atoms with Crippen LogP contribution in [0.5, 0.6) is 0 Å². The van der Waals surface area contributed by atoms with E-state index in [0.29, 0.717) is 0 Å². The van der Waals surface area contributed by atoms with E-state index in [1.165, 1.54) is 16.8 Å². The molecule has 1 aliphatic heterocycles. The molecule has 0 saturated carbocycles. The van der Waals surface area contributed by atoms with Crippen molar-refractivity contribution in [1.82, 2.24) is 5.32 Å². The van der Waals surface area contributed by atoms with Gasteiger partial charge >= 0.3 is 0 Å². The maximum Gasteiger partial charge on any atom is 0.247 e. The van der Waals surface area contributed by atoms with Crippen molar-refractivity contribution in [2.24, 2.45) is 0 Å². The minimum absolute atomic E-state index is 0.821. The molecule has 0 bridgehead atoms. The highest BCUT2D eigenvalue weighted by Gasteiger charge is 2.14. The molecule has 0 fully saturated rings. The van der Waals surface area contributed by atoms with Crippen LogP contribution < -0.4 is 10.3 Å². The van der Waals surface area contributed by atoms with E-state index >= 15 is 0 Å². The Morgan fingerprint density at radius 3 is 2.71 bits per heavy atom. The van der Waals surface area contributed by atoms with Gasteiger partial charge in [0.2, 0.25) is 5.84 Å². The van der Waals surface area contributed by atoms with Crippen molar-refractivity contribution in [3.8, 4) is 0 Å². The first-order valence-electron chi connectivity index (χ1n) is 5.84. The van der Waals surface area contributed by atoms with Gasteiger partial charge < -0.3 is 0 Å². The SMILES string of the molecule is Clc1ccc(CC2=[NH+]CCN2)c2ccccc12. The molecule has 17 heavy (non-hydrogen) atoms. The molecule has 2 N–H and O–H groups in total. The molecule has 0 aromatic heterocycles. The van der Waals surface area contributed by atoms with Gasteiger partial charge in [0.1, 0.15) is 13.1 Å². The molecule has 0 amide bonds. The van der Waals surface area contributed by atoms with Crippen LogP contribution >= 0.6 is 11.6 Å². The smallest absolute Gasteiger partial charge is 0.247 e. The number of amidine groups is 1.